The lowest BCUT2D eigenvalue weighted by Gasteiger charge is -2.29. The molecule has 45 heavy (non-hydrogen) atoms. The molecule has 0 saturated heterocycles. The van der Waals surface area contributed by atoms with E-state index in [0.717, 1.165) is 34.1 Å². The molecule has 0 amide bonds. The number of para-hydroxylation sites is 3. The zero-order chi connectivity index (χ0) is 30.2. The highest BCUT2D eigenvalue weighted by Gasteiger charge is 2.21. The van der Waals surface area contributed by atoms with Crippen LogP contribution < -0.4 is 9.80 Å². The predicted molar refractivity (Wildman–Crippen MR) is 193 cm³/mol. The van der Waals surface area contributed by atoms with Crippen molar-refractivity contribution in [2.45, 2.75) is 6.92 Å². The Morgan fingerprint density at radius 1 is 0.289 bits per heavy atom. The number of rotatable bonds is 6. The first-order valence-corrected chi connectivity index (χ1v) is 15.5. The second-order valence-corrected chi connectivity index (χ2v) is 11.5. The van der Waals surface area contributed by atoms with Crippen molar-refractivity contribution in [3.8, 4) is 0 Å². The minimum atomic E-state index is 1.13. The molecule has 214 valence electrons. The summed E-state index contributed by atoms with van der Waals surface area (Å²) in [6.45, 7) is 2.14. The summed E-state index contributed by atoms with van der Waals surface area (Å²) in [7, 11) is 0. The Bertz CT molecular complexity index is 2220. The monoisotopic (exact) mass is 576 g/mol. The number of fused-ring (bicyclic) bond motifs is 5. The first-order chi connectivity index (χ1) is 22.3. The molecule has 0 radical (unpaired) electrons. The summed E-state index contributed by atoms with van der Waals surface area (Å²) in [5, 5.41) is 7.34. The molecule has 0 aliphatic rings. The molecule has 8 aromatic rings. The normalized spacial score (nSPS) is 11.2. The average Bonchev–Trinajstić information content (AvgIpc) is 3.11. The lowest BCUT2D eigenvalue weighted by Crippen LogP contribution is -2.11. The highest BCUT2D eigenvalue weighted by Crippen LogP contribution is 2.47. The molecule has 2 heteroatoms. The highest BCUT2D eigenvalue weighted by molar-refractivity contribution is 6.24. The van der Waals surface area contributed by atoms with E-state index in [0.29, 0.717) is 0 Å². The molecule has 0 heterocycles. The highest BCUT2D eigenvalue weighted by atomic mass is 15.1. The standard InChI is InChI=1S/C43H32N2/c1-31-25-27-35(28-26-31)45(34-19-9-4-10-20-34)43-30-41-36-21-11-13-23-38(36)42(29-40(41)37-22-12-14-24-39(37)43)44(32-15-5-2-6-16-32)33-17-7-3-8-18-33/h2-30H,1H3. The lowest BCUT2D eigenvalue weighted by atomic mass is 9.93. The molecule has 0 unspecified atom stereocenters. The minimum absolute atomic E-state index is 1.13. The fraction of sp³-hybridized carbons (Fsp3) is 0.0233. The third kappa shape index (κ3) is 4.77. The van der Waals surface area contributed by atoms with Crippen LogP contribution in [0, 0.1) is 6.92 Å². The van der Waals surface area contributed by atoms with E-state index >= 15 is 0 Å². The Morgan fingerprint density at radius 3 is 0.978 bits per heavy atom. The smallest absolute Gasteiger partial charge is 0.0546 e. The molecule has 2 nitrogen and oxygen atoms in total. The van der Waals surface area contributed by atoms with Crippen LogP contribution in [0.15, 0.2) is 176 Å². The van der Waals surface area contributed by atoms with Crippen molar-refractivity contribution in [3.63, 3.8) is 0 Å². The van der Waals surface area contributed by atoms with Crippen LogP contribution >= 0.6 is 0 Å². The fourth-order valence-electron chi connectivity index (χ4n) is 6.56. The Labute approximate surface area is 264 Å². The Hall–Kier alpha value is -5.86. The van der Waals surface area contributed by atoms with Gasteiger partial charge in [-0.25, -0.2) is 0 Å². The van der Waals surface area contributed by atoms with Gasteiger partial charge in [0, 0.05) is 33.5 Å². The van der Waals surface area contributed by atoms with Gasteiger partial charge >= 0.3 is 0 Å². The molecule has 0 bridgehead atoms. The van der Waals surface area contributed by atoms with E-state index in [1.807, 2.05) is 0 Å². The number of nitrogens with zero attached hydrogens (tertiary/aromatic N) is 2. The summed E-state index contributed by atoms with van der Waals surface area (Å²) in [5.41, 5.74) is 8.09. The summed E-state index contributed by atoms with van der Waals surface area (Å²) in [4.78, 5) is 4.77. The molecule has 0 atom stereocenters. The summed E-state index contributed by atoms with van der Waals surface area (Å²) >= 11 is 0. The Balaban J connectivity index is 1.47. The second-order valence-electron chi connectivity index (χ2n) is 11.5. The lowest BCUT2D eigenvalue weighted by molar-refractivity contribution is 1.29. The van der Waals surface area contributed by atoms with Crippen LogP contribution in [0.1, 0.15) is 5.56 Å². The van der Waals surface area contributed by atoms with Gasteiger partial charge in [-0.1, -0.05) is 121 Å². The van der Waals surface area contributed by atoms with E-state index in [-0.39, 0.29) is 0 Å². The van der Waals surface area contributed by atoms with Crippen molar-refractivity contribution in [3.05, 3.63) is 181 Å². The Kier molecular flexibility index (Phi) is 6.73. The van der Waals surface area contributed by atoms with Gasteiger partial charge in [-0.15, -0.1) is 0 Å². The summed E-state index contributed by atoms with van der Waals surface area (Å²) in [6, 6.07) is 63.3. The maximum atomic E-state index is 2.39. The number of hydrogen-bond donors (Lipinski definition) is 0. The van der Waals surface area contributed by atoms with Gasteiger partial charge in [-0.2, -0.15) is 0 Å². The van der Waals surface area contributed by atoms with Gasteiger partial charge in [0.1, 0.15) is 0 Å². The molecule has 0 aliphatic carbocycles. The third-order valence-corrected chi connectivity index (χ3v) is 8.66. The molecular weight excluding hydrogens is 544 g/mol. The topological polar surface area (TPSA) is 6.48 Å². The first-order valence-electron chi connectivity index (χ1n) is 15.5. The van der Waals surface area contributed by atoms with E-state index < -0.39 is 0 Å². The van der Waals surface area contributed by atoms with Crippen LogP contribution in [0.5, 0.6) is 0 Å². The molecule has 0 aliphatic heterocycles. The number of hydrogen-bond acceptors (Lipinski definition) is 2. The summed E-state index contributed by atoms with van der Waals surface area (Å²) in [6.07, 6.45) is 0. The van der Waals surface area contributed by atoms with Crippen molar-refractivity contribution < 1.29 is 0 Å². The molecule has 8 aromatic carbocycles. The van der Waals surface area contributed by atoms with E-state index in [4.69, 9.17) is 0 Å². The van der Waals surface area contributed by atoms with Crippen molar-refractivity contribution in [2.24, 2.45) is 0 Å². The SMILES string of the molecule is Cc1ccc(N(c2ccccc2)c2cc3c4ccccc4c(N(c4ccccc4)c4ccccc4)cc3c3ccccc23)cc1. The van der Waals surface area contributed by atoms with E-state index in [1.165, 1.54) is 37.9 Å². The van der Waals surface area contributed by atoms with Gasteiger partial charge in [-0.3, -0.25) is 0 Å². The van der Waals surface area contributed by atoms with Gasteiger partial charge in [-0.05, 0) is 89.1 Å². The van der Waals surface area contributed by atoms with Crippen LogP contribution in [0.4, 0.5) is 34.1 Å². The molecule has 8 rings (SSSR count). The maximum Gasteiger partial charge on any atom is 0.0546 e. The number of benzene rings is 8. The molecule has 0 aromatic heterocycles. The second kappa shape index (κ2) is 11.3. The van der Waals surface area contributed by atoms with Gasteiger partial charge in [0.05, 0.1) is 11.4 Å². The summed E-state index contributed by atoms with van der Waals surface area (Å²) in [5.74, 6) is 0. The molecule has 0 spiro atoms. The van der Waals surface area contributed by atoms with Crippen LogP contribution in [-0.4, -0.2) is 0 Å². The zero-order valence-electron chi connectivity index (χ0n) is 25.1. The molecule has 0 N–H and O–H groups in total. The molecule has 0 fully saturated rings. The van der Waals surface area contributed by atoms with Gasteiger partial charge in [0.15, 0.2) is 0 Å². The summed E-state index contributed by atoms with van der Waals surface area (Å²) < 4.78 is 0. The quantitative estimate of drug-likeness (QED) is 0.182. The zero-order valence-corrected chi connectivity index (χ0v) is 25.1. The van der Waals surface area contributed by atoms with Crippen LogP contribution in [-0.2, 0) is 0 Å². The maximum absolute atomic E-state index is 2.39. The fourth-order valence-corrected chi connectivity index (χ4v) is 6.56. The van der Waals surface area contributed by atoms with Crippen LogP contribution in [0.3, 0.4) is 0 Å². The predicted octanol–water partition coefficient (Wildman–Crippen LogP) is 12.4. The average molecular weight is 577 g/mol. The first kappa shape index (κ1) is 26.7. The number of aryl methyl sites for hydroxylation is 1. The van der Waals surface area contributed by atoms with Gasteiger partial charge < -0.3 is 9.80 Å². The molecule has 0 saturated carbocycles. The van der Waals surface area contributed by atoms with Crippen molar-refractivity contribution in [2.75, 3.05) is 9.80 Å². The van der Waals surface area contributed by atoms with Crippen LogP contribution in [0.2, 0.25) is 0 Å². The van der Waals surface area contributed by atoms with Crippen LogP contribution in [0.25, 0.3) is 32.3 Å². The van der Waals surface area contributed by atoms with Crippen molar-refractivity contribution >= 4 is 66.4 Å². The van der Waals surface area contributed by atoms with E-state index in [9.17, 15) is 0 Å². The van der Waals surface area contributed by atoms with Crippen molar-refractivity contribution in [1.82, 2.24) is 0 Å². The third-order valence-electron chi connectivity index (χ3n) is 8.66. The van der Waals surface area contributed by atoms with E-state index in [2.05, 4.69) is 193 Å². The van der Waals surface area contributed by atoms with Gasteiger partial charge in [0.25, 0.3) is 0 Å². The van der Waals surface area contributed by atoms with E-state index in [1.54, 1.807) is 0 Å². The Morgan fingerprint density at radius 2 is 0.600 bits per heavy atom. The molecular formula is C43H32N2. The largest absolute Gasteiger partial charge is 0.310 e. The minimum Gasteiger partial charge on any atom is -0.310 e. The van der Waals surface area contributed by atoms with Gasteiger partial charge in [0.2, 0.25) is 0 Å². The number of anilines is 6. The van der Waals surface area contributed by atoms with Crippen molar-refractivity contribution in [1.29, 1.82) is 0 Å².